The molecule has 0 aromatic heterocycles. The number of nitrogens with zero attached hydrogens (tertiary/aromatic N) is 2. The molecule has 0 aliphatic carbocycles. The molecule has 2 aliphatic heterocycles. The average Bonchev–Trinajstić information content (AvgIpc) is 3.15. The van der Waals surface area contributed by atoms with Gasteiger partial charge in [-0.3, -0.25) is 14.5 Å². The summed E-state index contributed by atoms with van der Waals surface area (Å²) in [5, 5.41) is 2.65. The smallest absolute Gasteiger partial charge is 0.370 e. The SMILES string of the molecule is NC(=O)[C@H]1CCCN(CC(=O)Nc2cc(C(F)(F)F)ccc2N2CCCC2)C1. The summed E-state index contributed by atoms with van der Waals surface area (Å²) in [6, 6.07) is 3.47. The van der Waals surface area contributed by atoms with Gasteiger partial charge in [0, 0.05) is 19.6 Å². The Hall–Kier alpha value is -2.29. The van der Waals surface area contributed by atoms with E-state index in [1.807, 2.05) is 9.80 Å². The van der Waals surface area contributed by atoms with Gasteiger partial charge >= 0.3 is 6.18 Å². The van der Waals surface area contributed by atoms with Crippen LogP contribution in [0.3, 0.4) is 0 Å². The third kappa shape index (κ3) is 4.95. The lowest BCUT2D eigenvalue weighted by Crippen LogP contribution is -2.44. The summed E-state index contributed by atoms with van der Waals surface area (Å²) >= 11 is 0. The number of anilines is 2. The van der Waals surface area contributed by atoms with Crippen LogP contribution >= 0.6 is 0 Å². The van der Waals surface area contributed by atoms with Gasteiger partial charge in [-0.05, 0) is 50.4 Å². The molecule has 0 spiro atoms. The number of primary amides is 1. The number of hydrogen-bond donors (Lipinski definition) is 2. The molecular weight excluding hydrogens is 373 g/mol. The second-order valence-electron chi connectivity index (χ2n) is 7.45. The highest BCUT2D eigenvalue weighted by molar-refractivity contribution is 5.96. The number of piperidine rings is 1. The van der Waals surface area contributed by atoms with Gasteiger partial charge in [-0.1, -0.05) is 0 Å². The van der Waals surface area contributed by atoms with Crippen molar-refractivity contribution in [2.24, 2.45) is 11.7 Å². The van der Waals surface area contributed by atoms with E-state index in [2.05, 4.69) is 5.32 Å². The number of carbonyl (C=O) groups is 2. The maximum atomic E-state index is 13.1. The molecule has 28 heavy (non-hydrogen) atoms. The molecule has 6 nitrogen and oxygen atoms in total. The van der Waals surface area contributed by atoms with Gasteiger partial charge in [0.05, 0.1) is 29.4 Å². The van der Waals surface area contributed by atoms with Crippen molar-refractivity contribution < 1.29 is 22.8 Å². The lowest BCUT2D eigenvalue weighted by molar-refractivity contribution is -0.137. The van der Waals surface area contributed by atoms with Crippen LogP contribution in [0.15, 0.2) is 18.2 Å². The van der Waals surface area contributed by atoms with Crippen LogP contribution < -0.4 is 16.0 Å². The first-order valence-corrected chi connectivity index (χ1v) is 9.52. The number of benzene rings is 1. The summed E-state index contributed by atoms with van der Waals surface area (Å²) in [5.41, 5.74) is 5.33. The maximum Gasteiger partial charge on any atom is 0.416 e. The van der Waals surface area contributed by atoms with Gasteiger partial charge in [-0.2, -0.15) is 13.2 Å². The number of nitrogens with one attached hydrogen (secondary N) is 1. The topological polar surface area (TPSA) is 78.7 Å². The fraction of sp³-hybridized carbons (Fsp3) is 0.579. The summed E-state index contributed by atoms with van der Waals surface area (Å²) in [6.45, 7) is 2.56. The van der Waals surface area contributed by atoms with Crippen molar-refractivity contribution in [3.63, 3.8) is 0 Å². The second kappa shape index (κ2) is 8.38. The number of halogens is 3. The highest BCUT2D eigenvalue weighted by atomic mass is 19.4. The van der Waals surface area contributed by atoms with Crippen LogP contribution in [0.5, 0.6) is 0 Å². The Kier molecular flexibility index (Phi) is 6.12. The number of rotatable bonds is 5. The van der Waals surface area contributed by atoms with Crippen LogP contribution in [0.4, 0.5) is 24.5 Å². The van der Waals surface area contributed by atoms with Gasteiger partial charge in [0.2, 0.25) is 11.8 Å². The van der Waals surface area contributed by atoms with Crippen molar-refractivity contribution in [3.8, 4) is 0 Å². The Morgan fingerprint density at radius 2 is 1.86 bits per heavy atom. The zero-order valence-corrected chi connectivity index (χ0v) is 15.6. The minimum absolute atomic E-state index is 0.0134. The molecule has 0 radical (unpaired) electrons. The molecule has 1 atom stereocenters. The molecule has 1 aromatic rings. The van der Waals surface area contributed by atoms with Gasteiger partial charge in [0.15, 0.2) is 0 Å². The molecule has 0 saturated carbocycles. The highest BCUT2D eigenvalue weighted by Crippen LogP contribution is 2.36. The van der Waals surface area contributed by atoms with Gasteiger partial charge in [0.1, 0.15) is 0 Å². The van der Waals surface area contributed by atoms with E-state index >= 15 is 0 Å². The number of alkyl halides is 3. The first-order valence-electron chi connectivity index (χ1n) is 9.52. The molecule has 2 heterocycles. The van der Waals surface area contributed by atoms with E-state index in [-0.39, 0.29) is 24.1 Å². The van der Waals surface area contributed by atoms with Crippen LogP contribution in [0.2, 0.25) is 0 Å². The molecule has 2 saturated heterocycles. The van der Waals surface area contributed by atoms with E-state index in [0.29, 0.717) is 25.2 Å². The molecule has 2 fully saturated rings. The van der Waals surface area contributed by atoms with Crippen molar-refractivity contribution in [1.29, 1.82) is 0 Å². The van der Waals surface area contributed by atoms with Gasteiger partial charge in [-0.15, -0.1) is 0 Å². The Morgan fingerprint density at radius 1 is 1.14 bits per heavy atom. The fourth-order valence-electron chi connectivity index (χ4n) is 3.87. The molecule has 3 N–H and O–H groups in total. The quantitative estimate of drug-likeness (QED) is 0.799. The van der Waals surface area contributed by atoms with E-state index in [4.69, 9.17) is 5.73 Å². The number of nitrogens with two attached hydrogens (primary N) is 1. The van der Waals surface area contributed by atoms with Gasteiger partial charge in [0.25, 0.3) is 0 Å². The minimum atomic E-state index is -4.48. The Labute approximate surface area is 161 Å². The molecule has 0 unspecified atom stereocenters. The Bertz CT molecular complexity index is 732. The Balaban J connectivity index is 1.73. The summed E-state index contributed by atoms with van der Waals surface area (Å²) < 4.78 is 39.4. The first-order chi connectivity index (χ1) is 13.2. The number of hydrogen-bond acceptors (Lipinski definition) is 4. The van der Waals surface area contributed by atoms with Crippen LogP contribution in [0, 0.1) is 5.92 Å². The van der Waals surface area contributed by atoms with Crippen LogP contribution in [0.1, 0.15) is 31.2 Å². The van der Waals surface area contributed by atoms with Crippen molar-refractivity contribution in [2.45, 2.75) is 31.9 Å². The predicted molar refractivity (Wildman–Crippen MR) is 99.9 cm³/mol. The van der Waals surface area contributed by atoms with Crippen molar-refractivity contribution >= 4 is 23.2 Å². The number of carbonyl (C=O) groups excluding carboxylic acids is 2. The maximum absolute atomic E-state index is 13.1. The molecule has 0 bridgehead atoms. The average molecular weight is 398 g/mol. The first kappa shape index (κ1) is 20.4. The lowest BCUT2D eigenvalue weighted by atomic mass is 9.97. The third-order valence-corrected chi connectivity index (χ3v) is 5.32. The predicted octanol–water partition coefficient (Wildman–Crippen LogP) is 2.44. The Morgan fingerprint density at radius 3 is 2.50 bits per heavy atom. The van der Waals surface area contributed by atoms with Gasteiger partial charge < -0.3 is 16.0 Å². The summed E-state index contributed by atoms with van der Waals surface area (Å²) in [6.07, 6.45) is -1.10. The monoisotopic (exact) mass is 398 g/mol. The van der Waals surface area contributed by atoms with Crippen LogP contribution in [-0.2, 0) is 15.8 Å². The second-order valence-corrected chi connectivity index (χ2v) is 7.45. The molecule has 2 aliphatic rings. The molecule has 1 aromatic carbocycles. The zero-order chi connectivity index (χ0) is 20.3. The van der Waals surface area contributed by atoms with Crippen LogP contribution in [0.25, 0.3) is 0 Å². The van der Waals surface area contributed by atoms with Crippen LogP contribution in [-0.4, -0.2) is 49.4 Å². The van der Waals surface area contributed by atoms with E-state index in [1.54, 1.807) is 0 Å². The minimum Gasteiger partial charge on any atom is -0.370 e. The molecule has 3 rings (SSSR count). The molecule has 9 heteroatoms. The third-order valence-electron chi connectivity index (χ3n) is 5.32. The van der Waals surface area contributed by atoms with Crippen molar-refractivity contribution in [2.75, 3.05) is 42.9 Å². The lowest BCUT2D eigenvalue weighted by Gasteiger charge is -2.30. The van der Waals surface area contributed by atoms with E-state index in [9.17, 15) is 22.8 Å². The van der Waals surface area contributed by atoms with E-state index < -0.39 is 17.6 Å². The summed E-state index contributed by atoms with van der Waals surface area (Å²) in [5.74, 6) is -1.08. The van der Waals surface area contributed by atoms with Crippen molar-refractivity contribution in [3.05, 3.63) is 23.8 Å². The normalized spacial score (nSPS) is 21.0. The zero-order valence-electron chi connectivity index (χ0n) is 15.6. The van der Waals surface area contributed by atoms with E-state index in [0.717, 1.165) is 44.5 Å². The molecule has 154 valence electrons. The number of likely N-dealkylation sites (tertiary alicyclic amines) is 1. The fourth-order valence-corrected chi connectivity index (χ4v) is 3.87. The van der Waals surface area contributed by atoms with E-state index in [1.165, 1.54) is 6.07 Å². The molecular formula is C19H25F3N4O2. The standard InChI is InChI=1S/C19H25F3N4O2/c20-19(21,22)14-5-6-16(26-8-1-2-9-26)15(10-14)24-17(27)12-25-7-3-4-13(11-25)18(23)28/h5-6,10,13H,1-4,7-9,11-12H2,(H2,23,28)(H,24,27)/t13-/m0/s1. The largest absolute Gasteiger partial charge is 0.416 e. The molecule has 2 amide bonds. The number of amides is 2. The highest BCUT2D eigenvalue weighted by Gasteiger charge is 2.32. The van der Waals surface area contributed by atoms with Gasteiger partial charge in [-0.25, -0.2) is 0 Å². The summed E-state index contributed by atoms with van der Waals surface area (Å²) in [4.78, 5) is 27.7. The van der Waals surface area contributed by atoms with Crippen molar-refractivity contribution in [1.82, 2.24) is 4.90 Å². The summed E-state index contributed by atoms with van der Waals surface area (Å²) in [7, 11) is 0.